The lowest BCUT2D eigenvalue weighted by atomic mass is 10.2. The number of benzene rings is 1. The second kappa shape index (κ2) is 8.70. The van der Waals surface area contributed by atoms with Gasteiger partial charge in [0.05, 0.1) is 10.0 Å². The second-order valence-corrected chi connectivity index (χ2v) is 6.16. The molecule has 1 aromatic heterocycles. The second-order valence-electron chi connectivity index (χ2n) is 4.40. The average molecular weight is 381 g/mol. The van der Waals surface area contributed by atoms with Crippen molar-refractivity contribution in [3.63, 3.8) is 0 Å². The van der Waals surface area contributed by atoms with E-state index in [-0.39, 0.29) is 18.3 Å². The average Bonchev–Trinajstić information content (AvgIpc) is 2.96. The van der Waals surface area contributed by atoms with Crippen molar-refractivity contribution in [1.29, 1.82) is 0 Å². The number of carbonyl (C=O) groups is 1. The zero-order valence-electron chi connectivity index (χ0n) is 11.9. The van der Waals surface area contributed by atoms with E-state index in [1.54, 1.807) is 22.4 Å². The van der Waals surface area contributed by atoms with Crippen LogP contribution in [0.4, 0.5) is 0 Å². The summed E-state index contributed by atoms with van der Waals surface area (Å²) < 4.78 is 0. The largest absolute Gasteiger partial charge is 0.333 e. The van der Waals surface area contributed by atoms with E-state index >= 15 is 0 Å². The first kappa shape index (κ1) is 19.2. The van der Waals surface area contributed by atoms with Gasteiger partial charge >= 0.3 is 0 Å². The fourth-order valence-electron chi connectivity index (χ4n) is 1.85. The Morgan fingerprint density at radius 3 is 2.64 bits per heavy atom. The van der Waals surface area contributed by atoms with Gasteiger partial charge in [-0.25, -0.2) is 4.98 Å². The maximum absolute atomic E-state index is 12.4. The monoisotopic (exact) mass is 379 g/mol. The van der Waals surface area contributed by atoms with Crippen molar-refractivity contribution in [2.24, 2.45) is 5.73 Å². The number of thiazole rings is 1. The molecule has 0 aliphatic heterocycles. The Hall–Kier alpha value is -0.850. The Morgan fingerprint density at radius 2 is 2.09 bits per heavy atom. The van der Waals surface area contributed by atoms with E-state index in [9.17, 15) is 4.79 Å². The summed E-state index contributed by atoms with van der Waals surface area (Å²) >= 11 is 13.3. The fourth-order valence-corrected chi connectivity index (χ4v) is 2.82. The number of hydrogen-bond acceptors (Lipinski definition) is 4. The highest BCUT2D eigenvalue weighted by atomic mass is 35.5. The topological polar surface area (TPSA) is 59.2 Å². The van der Waals surface area contributed by atoms with Gasteiger partial charge in [0.2, 0.25) is 0 Å². The van der Waals surface area contributed by atoms with Crippen LogP contribution in [-0.2, 0) is 13.1 Å². The molecule has 2 N–H and O–H groups in total. The van der Waals surface area contributed by atoms with Crippen LogP contribution in [0.25, 0.3) is 0 Å². The number of halogens is 3. The molecule has 0 aliphatic carbocycles. The molecule has 0 unspecified atom stereocenters. The number of aromatic nitrogens is 1. The molecule has 2 rings (SSSR count). The zero-order valence-corrected chi connectivity index (χ0v) is 15.0. The van der Waals surface area contributed by atoms with Crippen LogP contribution in [-0.4, -0.2) is 22.3 Å². The van der Waals surface area contributed by atoms with E-state index in [2.05, 4.69) is 4.98 Å². The first-order valence-electron chi connectivity index (χ1n) is 6.42. The summed E-state index contributed by atoms with van der Waals surface area (Å²) in [4.78, 5) is 18.4. The molecule has 22 heavy (non-hydrogen) atoms. The van der Waals surface area contributed by atoms with E-state index in [4.69, 9.17) is 28.9 Å². The molecule has 1 amide bonds. The Balaban J connectivity index is 0.00000242. The molecule has 120 valence electrons. The number of rotatable bonds is 5. The van der Waals surface area contributed by atoms with Gasteiger partial charge in [-0.2, -0.15) is 0 Å². The smallest absolute Gasteiger partial charge is 0.273 e. The molecule has 0 saturated heterocycles. The van der Waals surface area contributed by atoms with Gasteiger partial charge in [0.1, 0.15) is 10.7 Å². The predicted octanol–water partition coefficient (Wildman–Crippen LogP) is 3.99. The van der Waals surface area contributed by atoms with E-state index in [0.717, 1.165) is 10.6 Å². The minimum Gasteiger partial charge on any atom is -0.333 e. The van der Waals surface area contributed by atoms with Gasteiger partial charge in [0.25, 0.3) is 5.91 Å². The third-order valence-corrected chi connectivity index (χ3v) is 4.58. The number of nitrogens with zero attached hydrogens (tertiary/aromatic N) is 2. The molecule has 0 spiro atoms. The SMILES string of the molecule is CCN(Cc1ccc(Cl)c(Cl)c1)C(=O)c1csc(CN)n1.Cl. The van der Waals surface area contributed by atoms with Crippen LogP contribution in [0.15, 0.2) is 23.6 Å². The Morgan fingerprint density at radius 1 is 1.36 bits per heavy atom. The summed E-state index contributed by atoms with van der Waals surface area (Å²) in [5.41, 5.74) is 6.88. The Kier molecular flexibility index (Phi) is 7.59. The highest BCUT2D eigenvalue weighted by molar-refractivity contribution is 7.09. The van der Waals surface area contributed by atoms with E-state index in [0.29, 0.717) is 35.4 Å². The van der Waals surface area contributed by atoms with Crippen LogP contribution in [0.1, 0.15) is 28.0 Å². The number of amides is 1. The Bertz CT molecular complexity index is 648. The molecule has 1 heterocycles. The van der Waals surface area contributed by atoms with Crippen LogP contribution in [0.2, 0.25) is 10.0 Å². The zero-order chi connectivity index (χ0) is 15.4. The normalized spacial score (nSPS) is 10.2. The molecule has 0 radical (unpaired) electrons. The first-order chi connectivity index (χ1) is 10.0. The summed E-state index contributed by atoms with van der Waals surface area (Å²) in [5, 5.41) is 3.48. The molecule has 8 heteroatoms. The van der Waals surface area contributed by atoms with Crippen LogP contribution in [0.3, 0.4) is 0 Å². The van der Waals surface area contributed by atoms with Crippen molar-refractivity contribution in [3.8, 4) is 0 Å². The van der Waals surface area contributed by atoms with Crippen molar-refractivity contribution in [1.82, 2.24) is 9.88 Å². The quantitative estimate of drug-likeness (QED) is 0.853. The maximum atomic E-state index is 12.4. The van der Waals surface area contributed by atoms with Crippen LogP contribution in [0, 0.1) is 0 Å². The van der Waals surface area contributed by atoms with Gasteiger partial charge in [-0.1, -0.05) is 29.3 Å². The lowest BCUT2D eigenvalue weighted by Crippen LogP contribution is -2.30. The lowest BCUT2D eigenvalue weighted by molar-refractivity contribution is 0.0747. The minimum absolute atomic E-state index is 0. The van der Waals surface area contributed by atoms with Crippen molar-refractivity contribution < 1.29 is 4.79 Å². The summed E-state index contributed by atoms with van der Waals surface area (Å²) in [6.45, 7) is 3.30. The third kappa shape index (κ3) is 4.57. The van der Waals surface area contributed by atoms with Crippen molar-refractivity contribution in [2.75, 3.05) is 6.54 Å². The number of carbonyl (C=O) groups excluding carboxylic acids is 1. The lowest BCUT2D eigenvalue weighted by Gasteiger charge is -2.20. The van der Waals surface area contributed by atoms with Crippen molar-refractivity contribution in [2.45, 2.75) is 20.0 Å². The summed E-state index contributed by atoms with van der Waals surface area (Å²) in [6, 6.07) is 5.36. The van der Waals surface area contributed by atoms with E-state index in [1.807, 2.05) is 13.0 Å². The highest BCUT2D eigenvalue weighted by Gasteiger charge is 2.17. The van der Waals surface area contributed by atoms with Crippen molar-refractivity contribution >= 4 is 52.9 Å². The fraction of sp³-hybridized carbons (Fsp3) is 0.286. The molecule has 2 aromatic rings. The number of nitrogens with two attached hydrogens (primary N) is 1. The standard InChI is InChI=1S/C14H15Cl2N3OS.ClH/c1-2-19(7-9-3-4-10(15)11(16)5-9)14(20)12-8-21-13(6-17)18-12;/h3-5,8H,2,6-7,17H2,1H3;1H. The van der Waals surface area contributed by atoms with Gasteiger partial charge < -0.3 is 10.6 Å². The summed E-state index contributed by atoms with van der Waals surface area (Å²) in [7, 11) is 0. The van der Waals surface area contributed by atoms with Crippen molar-refractivity contribution in [3.05, 3.63) is 49.9 Å². The van der Waals surface area contributed by atoms with Crippen LogP contribution < -0.4 is 5.73 Å². The molecule has 0 fully saturated rings. The molecule has 4 nitrogen and oxygen atoms in total. The molecule has 0 saturated carbocycles. The predicted molar refractivity (Wildman–Crippen MR) is 94.1 cm³/mol. The van der Waals surface area contributed by atoms with Gasteiger partial charge in [-0.15, -0.1) is 23.7 Å². The van der Waals surface area contributed by atoms with Gasteiger partial charge in [-0.05, 0) is 24.6 Å². The van der Waals surface area contributed by atoms with Gasteiger partial charge in [-0.3, -0.25) is 4.79 Å². The first-order valence-corrected chi connectivity index (χ1v) is 8.06. The number of hydrogen-bond donors (Lipinski definition) is 1. The summed E-state index contributed by atoms with van der Waals surface area (Å²) in [5.74, 6) is -0.112. The van der Waals surface area contributed by atoms with E-state index < -0.39 is 0 Å². The van der Waals surface area contributed by atoms with Gasteiger partial charge in [0, 0.05) is 25.0 Å². The van der Waals surface area contributed by atoms with E-state index in [1.165, 1.54) is 11.3 Å². The molecular formula is C14H16Cl3N3OS. The Labute approximate surface area is 149 Å². The molecular weight excluding hydrogens is 365 g/mol. The summed E-state index contributed by atoms with van der Waals surface area (Å²) in [6.07, 6.45) is 0. The molecule has 0 aliphatic rings. The minimum atomic E-state index is -0.112. The van der Waals surface area contributed by atoms with Crippen LogP contribution in [0.5, 0.6) is 0 Å². The highest BCUT2D eigenvalue weighted by Crippen LogP contribution is 2.23. The van der Waals surface area contributed by atoms with Crippen LogP contribution >= 0.6 is 46.9 Å². The van der Waals surface area contributed by atoms with Gasteiger partial charge in [0.15, 0.2) is 0 Å². The molecule has 0 atom stereocenters. The molecule has 1 aromatic carbocycles. The maximum Gasteiger partial charge on any atom is 0.273 e. The molecule has 0 bridgehead atoms. The third-order valence-electron chi connectivity index (χ3n) is 2.97.